The molecule has 0 aliphatic rings. The summed E-state index contributed by atoms with van der Waals surface area (Å²) in [4.78, 5) is 22.6. The number of rotatable bonds is 6. The van der Waals surface area contributed by atoms with Crippen LogP contribution in [0, 0.1) is 0 Å². The Morgan fingerprint density at radius 3 is 2.90 bits per heavy atom. The third kappa shape index (κ3) is 3.77. The Hall–Kier alpha value is -2.44. The van der Waals surface area contributed by atoms with E-state index in [2.05, 4.69) is 15.6 Å². The maximum atomic E-state index is 11.9. The second-order valence-electron chi connectivity index (χ2n) is 4.58. The number of amides is 1. The van der Waals surface area contributed by atoms with Crippen LogP contribution in [0.15, 0.2) is 18.2 Å². The summed E-state index contributed by atoms with van der Waals surface area (Å²) in [6, 6.07) is 5.19. The molecular formula is C14H18N4O3. The molecule has 1 N–H and O–H groups in total. The smallest absolute Gasteiger partial charge is 0.338 e. The van der Waals surface area contributed by atoms with E-state index in [1.165, 1.54) is 6.92 Å². The summed E-state index contributed by atoms with van der Waals surface area (Å²) in [6.07, 6.45) is 0.583. The molecule has 1 aromatic heterocycles. The van der Waals surface area contributed by atoms with Crippen molar-refractivity contribution in [1.82, 2.24) is 20.3 Å². The monoisotopic (exact) mass is 290 g/mol. The zero-order chi connectivity index (χ0) is 15.2. The van der Waals surface area contributed by atoms with Crippen LogP contribution in [0.25, 0.3) is 11.0 Å². The molecule has 0 saturated carbocycles. The van der Waals surface area contributed by atoms with E-state index >= 15 is 0 Å². The summed E-state index contributed by atoms with van der Waals surface area (Å²) >= 11 is 0. The number of aromatic nitrogens is 3. The molecule has 0 atom stereocenters. The first-order valence-corrected chi connectivity index (χ1v) is 6.86. The number of nitrogens with zero attached hydrogens (tertiary/aromatic N) is 3. The molecule has 1 aromatic carbocycles. The van der Waals surface area contributed by atoms with Gasteiger partial charge in [-0.3, -0.25) is 4.79 Å². The molecule has 0 spiro atoms. The van der Waals surface area contributed by atoms with Gasteiger partial charge in [0.2, 0.25) is 5.91 Å². The van der Waals surface area contributed by atoms with Crippen LogP contribution in [0.4, 0.5) is 0 Å². The molecule has 21 heavy (non-hydrogen) atoms. The summed E-state index contributed by atoms with van der Waals surface area (Å²) in [5.41, 5.74) is 2.01. The van der Waals surface area contributed by atoms with Crippen molar-refractivity contribution in [2.75, 3.05) is 13.2 Å². The van der Waals surface area contributed by atoms with Crippen LogP contribution < -0.4 is 5.32 Å². The van der Waals surface area contributed by atoms with Crippen LogP contribution in [0.5, 0.6) is 0 Å². The van der Waals surface area contributed by atoms with Gasteiger partial charge in [0.05, 0.1) is 17.7 Å². The van der Waals surface area contributed by atoms with E-state index < -0.39 is 5.97 Å². The quantitative estimate of drug-likeness (QED) is 0.636. The van der Waals surface area contributed by atoms with Crippen LogP contribution in [0.2, 0.25) is 0 Å². The van der Waals surface area contributed by atoms with Gasteiger partial charge < -0.3 is 10.1 Å². The normalized spacial score (nSPS) is 10.6. The highest BCUT2D eigenvalue weighted by molar-refractivity contribution is 5.93. The lowest BCUT2D eigenvalue weighted by atomic mass is 10.2. The number of nitrogens with one attached hydrogen (secondary N) is 1. The molecule has 0 aliphatic carbocycles. The lowest BCUT2D eigenvalue weighted by molar-refractivity contribution is -0.118. The van der Waals surface area contributed by atoms with Gasteiger partial charge >= 0.3 is 5.97 Å². The van der Waals surface area contributed by atoms with E-state index in [1.54, 1.807) is 16.8 Å². The van der Waals surface area contributed by atoms with Crippen LogP contribution in [-0.4, -0.2) is 40.0 Å². The van der Waals surface area contributed by atoms with Crippen molar-refractivity contribution >= 4 is 22.9 Å². The summed E-state index contributed by atoms with van der Waals surface area (Å²) in [6.45, 7) is 4.91. The number of aryl methyl sites for hydroxylation is 1. The Balaban J connectivity index is 1.92. The Labute approximate surface area is 122 Å². The number of hydrogen-bond donors (Lipinski definition) is 1. The third-order valence-electron chi connectivity index (χ3n) is 2.98. The Morgan fingerprint density at radius 1 is 1.38 bits per heavy atom. The molecule has 7 heteroatoms. The van der Waals surface area contributed by atoms with Gasteiger partial charge in [-0.15, -0.1) is 5.10 Å². The van der Waals surface area contributed by atoms with E-state index in [-0.39, 0.29) is 12.5 Å². The van der Waals surface area contributed by atoms with Crippen LogP contribution in [0.1, 0.15) is 30.6 Å². The predicted octanol–water partition coefficient (Wildman–Crippen LogP) is 1.13. The Morgan fingerprint density at radius 2 is 2.19 bits per heavy atom. The highest BCUT2D eigenvalue weighted by atomic mass is 16.5. The highest BCUT2D eigenvalue weighted by Crippen LogP contribution is 2.14. The van der Waals surface area contributed by atoms with E-state index in [0.29, 0.717) is 24.0 Å². The molecular weight excluding hydrogens is 272 g/mol. The number of carbonyl (C=O) groups is 2. The van der Waals surface area contributed by atoms with Gasteiger partial charge in [-0.05, 0) is 31.5 Å². The summed E-state index contributed by atoms with van der Waals surface area (Å²) in [5.74, 6) is -0.489. The van der Waals surface area contributed by atoms with Crippen molar-refractivity contribution in [1.29, 1.82) is 0 Å². The van der Waals surface area contributed by atoms with E-state index in [4.69, 9.17) is 4.74 Å². The zero-order valence-electron chi connectivity index (χ0n) is 12.1. The lowest BCUT2D eigenvalue weighted by Gasteiger charge is -2.05. The minimum atomic E-state index is -0.397. The first-order chi connectivity index (χ1) is 10.1. The number of ether oxygens (including phenoxy) is 1. The highest BCUT2D eigenvalue weighted by Gasteiger charge is 2.10. The molecule has 0 aliphatic heterocycles. The number of fused-ring (bicyclic) bond motifs is 1. The minimum absolute atomic E-state index is 0.0919. The first-order valence-electron chi connectivity index (χ1n) is 6.86. The molecule has 0 unspecified atom stereocenters. The van der Waals surface area contributed by atoms with Crippen molar-refractivity contribution in [2.24, 2.45) is 0 Å². The Bertz CT molecular complexity index is 651. The second kappa shape index (κ2) is 6.83. The molecule has 1 amide bonds. The van der Waals surface area contributed by atoms with Gasteiger partial charge in [-0.25, -0.2) is 9.48 Å². The fraction of sp³-hybridized carbons (Fsp3) is 0.429. The zero-order valence-corrected chi connectivity index (χ0v) is 12.1. The molecule has 2 rings (SSSR count). The van der Waals surface area contributed by atoms with Gasteiger partial charge in [-0.2, -0.15) is 0 Å². The van der Waals surface area contributed by atoms with Crippen molar-refractivity contribution in [3.63, 3.8) is 0 Å². The van der Waals surface area contributed by atoms with Crippen LogP contribution >= 0.6 is 0 Å². The molecule has 7 nitrogen and oxygen atoms in total. The van der Waals surface area contributed by atoms with Gasteiger partial charge in [0.25, 0.3) is 0 Å². The van der Waals surface area contributed by atoms with Gasteiger partial charge in [-0.1, -0.05) is 5.21 Å². The molecule has 0 fully saturated rings. The fourth-order valence-electron chi connectivity index (χ4n) is 1.92. The summed E-state index contributed by atoms with van der Waals surface area (Å²) < 4.78 is 6.91. The van der Waals surface area contributed by atoms with Crippen molar-refractivity contribution < 1.29 is 14.3 Å². The lowest BCUT2D eigenvalue weighted by Crippen LogP contribution is -2.22. The second-order valence-corrected chi connectivity index (χ2v) is 4.58. The average Bonchev–Trinajstić information content (AvgIpc) is 2.88. The van der Waals surface area contributed by atoms with E-state index in [9.17, 15) is 9.59 Å². The Kier molecular flexibility index (Phi) is 4.86. The topological polar surface area (TPSA) is 86.1 Å². The van der Waals surface area contributed by atoms with Crippen LogP contribution in [0.3, 0.4) is 0 Å². The van der Waals surface area contributed by atoms with Crippen molar-refractivity contribution in [3.05, 3.63) is 23.8 Å². The van der Waals surface area contributed by atoms with E-state index in [0.717, 1.165) is 12.1 Å². The fourth-order valence-corrected chi connectivity index (χ4v) is 1.92. The van der Waals surface area contributed by atoms with Crippen LogP contribution in [-0.2, 0) is 16.1 Å². The average molecular weight is 290 g/mol. The van der Waals surface area contributed by atoms with Gasteiger partial charge in [0, 0.05) is 20.0 Å². The molecule has 0 saturated heterocycles. The number of hydrogen-bond acceptors (Lipinski definition) is 5. The maximum absolute atomic E-state index is 11.9. The first kappa shape index (κ1) is 15.0. The molecule has 0 radical (unpaired) electrons. The van der Waals surface area contributed by atoms with E-state index in [1.807, 2.05) is 13.0 Å². The largest absolute Gasteiger partial charge is 0.462 e. The van der Waals surface area contributed by atoms with Crippen molar-refractivity contribution in [2.45, 2.75) is 26.8 Å². The van der Waals surface area contributed by atoms with Gasteiger partial charge in [0.15, 0.2) is 0 Å². The molecule has 0 bridgehead atoms. The summed E-state index contributed by atoms with van der Waals surface area (Å²) in [5, 5.41) is 10.7. The molecule has 1 heterocycles. The SMILES string of the molecule is CCn1nnc2cc(C(=O)OCCCNC(C)=O)ccc21. The predicted molar refractivity (Wildman–Crippen MR) is 76.8 cm³/mol. The number of esters is 1. The minimum Gasteiger partial charge on any atom is -0.462 e. The maximum Gasteiger partial charge on any atom is 0.338 e. The molecule has 2 aromatic rings. The number of benzene rings is 1. The van der Waals surface area contributed by atoms with Crippen molar-refractivity contribution in [3.8, 4) is 0 Å². The molecule has 112 valence electrons. The standard InChI is InChI=1S/C14H18N4O3/c1-3-18-13-6-5-11(9-12(13)16-17-18)14(20)21-8-4-7-15-10(2)19/h5-6,9H,3-4,7-8H2,1-2H3,(H,15,19). The third-order valence-corrected chi connectivity index (χ3v) is 2.98. The number of carbonyl (C=O) groups excluding carboxylic acids is 2. The summed E-state index contributed by atoms with van der Waals surface area (Å²) in [7, 11) is 0. The van der Waals surface area contributed by atoms with Gasteiger partial charge in [0.1, 0.15) is 5.52 Å².